The number of hydrogen-bond acceptors (Lipinski definition) is 6. The van der Waals surface area contributed by atoms with Crippen molar-refractivity contribution in [2.24, 2.45) is 0 Å². The van der Waals surface area contributed by atoms with E-state index < -0.39 is 18.6 Å². The molecule has 0 fully saturated rings. The minimum absolute atomic E-state index is 0.0999. The zero-order valence-electron chi connectivity index (χ0n) is 16.1. The molecule has 1 atom stereocenters. The number of urea groups is 1. The third-order valence-electron chi connectivity index (χ3n) is 4.07. The molecule has 0 aromatic heterocycles. The number of rotatable bonds is 9. The first kappa shape index (κ1) is 21.8. The molecule has 1 unspecified atom stereocenters. The summed E-state index contributed by atoms with van der Waals surface area (Å²) in [6.45, 7) is 9.35. The Morgan fingerprint density at radius 3 is 2.29 bits per heavy atom. The molecule has 1 aliphatic rings. The second kappa shape index (κ2) is 9.14. The standard InChI is InChI=1S/C18H24N3O6P/c1-5-12-19-14(4)13-17(28(25,26-6-2)27-7-3)20(18(19)22)15-8-10-16(11-9-15)21(23)24/h5,8-11,13-14H,1,6-7,12H2,2-4H3. The largest absolute Gasteiger partial charge is 0.377 e. The Balaban J connectivity index is 2.61. The summed E-state index contributed by atoms with van der Waals surface area (Å²) < 4.78 is 24.3. The highest BCUT2D eigenvalue weighted by Gasteiger charge is 2.43. The van der Waals surface area contributed by atoms with Gasteiger partial charge in [0.05, 0.1) is 29.9 Å². The third kappa shape index (κ3) is 4.32. The minimum atomic E-state index is -3.79. The molecule has 0 saturated heterocycles. The van der Waals surface area contributed by atoms with E-state index in [2.05, 4.69) is 6.58 Å². The Hall–Kier alpha value is -2.48. The van der Waals surface area contributed by atoms with Gasteiger partial charge >= 0.3 is 13.6 Å². The maximum absolute atomic E-state index is 13.4. The molecule has 1 aliphatic heterocycles. The summed E-state index contributed by atoms with van der Waals surface area (Å²) in [6, 6.07) is 4.59. The van der Waals surface area contributed by atoms with Crippen molar-refractivity contribution in [3.05, 3.63) is 58.5 Å². The fraction of sp³-hybridized carbons (Fsp3) is 0.389. The highest BCUT2D eigenvalue weighted by molar-refractivity contribution is 7.58. The molecule has 2 amide bonds. The van der Waals surface area contributed by atoms with Gasteiger partial charge in [-0.1, -0.05) is 6.08 Å². The molecule has 1 aromatic carbocycles. The predicted octanol–water partition coefficient (Wildman–Crippen LogP) is 4.52. The molecule has 0 aliphatic carbocycles. The molecule has 152 valence electrons. The second-order valence-corrected chi connectivity index (χ2v) is 7.90. The van der Waals surface area contributed by atoms with Crippen molar-refractivity contribution in [1.82, 2.24) is 4.90 Å². The SMILES string of the molecule is C=CCN1C(=O)N(c2ccc([N+](=O)[O-])cc2)C(P(=O)(OCC)OCC)=CC1C. The smallest absolute Gasteiger partial charge is 0.314 e. The summed E-state index contributed by atoms with van der Waals surface area (Å²) in [4.78, 5) is 26.4. The number of nitro benzene ring substituents is 1. The van der Waals surface area contributed by atoms with Crippen molar-refractivity contribution in [1.29, 1.82) is 0 Å². The molecule has 1 heterocycles. The average Bonchev–Trinajstić information content (AvgIpc) is 2.65. The van der Waals surface area contributed by atoms with Gasteiger partial charge in [-0.25, -0.2) is 4.79 Å². The molecule has 0 saturated carbocycles. The summed E-state index contributed by atoms with van der Waals surface area (Å²) in [5.74, 6) is 0. The Bertz CT molecular complexity index is 813. The number of nitrogens with zero attached hydrogens (tertiary/aromatic N) is 3. The van der Waals surface area contributed by atoms with Crippen LogP contribution in [0.3, 0.4) is 0 Å². The van der Waals surface area contributed by atoms with Gasteiger partial charge in [-0.15, -0.1) is 6.58 Å². The van der Waals surface area contributed by atoms with Crippen LogP contribution in [0.5, 0.6) is 0 Å². The number of carbonyl (C=O) groups is 1. The molecule has 0 radical (unpaired) electrons. The van der Waals surface area contributed by atoms with Crippen molar-refractivity contribution in [3.8, 4) is 0 Å². The summed E-state index contributed by atoms with van der Waals surface area (Å²) in [5, 5.41) is 10.9. The molecule has 0 spiro atoms. The maximum Gasteiger partial charge on any atom is 0.377 e. The van der Waals surface area contributed by atoms with E-state index in [9.17, 15) is 19.5 Å². The quantitative estimate of drug-likeness (QED) is 0.257. The Kier molecular flexibility index (Phi) is 7.12. The fourth-order valence-electron chi connectivity index (χ4n) is 2.85. The number of carbonyl (C=O) groups excluding carboxylic acids is 1. The van der Waals surface area contributed by atoms with E-state index in [-0.39, 0.29) is 36.9 Å². The van der Waals surface area contributed by atoms with Gasteiger partial charge in [0, 0.05) is 18.7 Å². The molecule has 2 rings (SSSR count). The van der Waals surface area contributed by atoms with Crippen LogP contribution >= 0.6 is 7.60 Å². The van der Waals surface area contributed by atoms with Gasteiger partial charge in [-0.3, -0.25) is 19.6 Å². The predicted molar refractivity (Wildman–Crippen MR) is 106 cm³/mol. The summed E-state index contributed by atoms with van der Waals surface area (Å²) in [7, 11) is -3.79. The van der Waals surface area contributed by atoms with Gasteiger partial charge in [0.1, 0.15) is 5.44 Å². The molecule has 0 bridgehead atoms. The minimum Gasteiger partial charge on any atom is -0.314 e. The van der Waals surface area contributed by atoms with Crippen LogP contribution in [0, 0.1) is 10.1 Å². The van der Waals surface area contributed by atoms with Crippen LogP contribution in [-0.4, -0.2) is 41.7 Å². The molecule has 10 heteroatoms. The number of nitro groups is 1. The van der Waals surface area contributed by atoms with E-state index in [4.69, 9.17) is 9.05 Å². The monoisotopic (exact) mass is 409 g/mol. The van der Waals surface area contributed by atoms with E-state index in [1.807, 2.05) is 0 Å². The van der Waals surface area contributed by atoms with E-state index in [1.54, 1.807) is 32.9 Å². The summed E-state index contributed by atoms with van der Waals surface area (Å²) in [5.41, 5.74) is 0.304. The molecule has 9 nitrogen and oxygen atoms in total. The van der Waals surface area contributed by atoms with Crippen molar-refractivity contribution in [2.45, 2.75) is 26.8 Å². The zero-order chi connectivity index (χ0) is 20.9. The van der Waals surface area contributed by atoms with E-state index in [0.717, 1.165) is 0 Å². The van der Waals surface area contributed by atoms with Crippen LogP contribution in [0.2, 0.25) is 0 Å². The first-order valence-corrected chi connectivity index (χ1v) is 10.4. The van der Waals surface area contributed by atoms with Crippen LogP contribution < -0.4 is 4.90 Å². The number of anilines is 1. The fourth-order valence-corrected chi connectivity index (χ4v) is 4.72. The van der Waals surface area contributed by atoms with Gasteiger partial charge in [0.25, 0.3) is 5.69 Å². The van der Waals surface area contributed by atoms with Crippen LogP contribution in [0.1, 0.15) is 20.8 Å². The van der Waals surface area contributed by atoms with Gasteiger partial charge in [-0.05, 0) is 39.0 Å². The van der Waals surface area contributed by atoms with Crippen LogP contribution in [0.4, 0.5) is 16.2 Å². The third-order valence-corrected chi connectivity index (χ3v) is 6.18. The first-order chi connectivity index (χ1) is 13.3. The topological polar surface area (TPSA) is 102 Å². The lowest BCUT2D eigenvalue weighted by Crippen LogP contribution is -2.50. The number of amides is 2. The molecular weight excluding hydrogens is 385 g/mol. The van der Waals surface area contributed by atoms with Gasteiger partial charge in [0.15, 0.2) is 0 Å². The molecule has 0 N–H and O–H groups in total. The van der Waals surface area contributed by atoms with Gasteiger partial charge < -0.3 is 13.9 Å². The Labute approximate surface area is 163 Å². The van der Waals surface area contributed by atoms with Crippen molar-refractivity contribution < 1.29 is 23.3 Å². The summed E-state index contributed by atoms with van der Waals surface area (Å²) >= 11 is 0. The van der Waals surface area contributed by atoms with Crippen LogP contribution in [0.15, 0.2) is 48.4 Å². The van der Waals surface area contributed by atoms with Gasteiger partial charge in [-0.2, -0.15) is 0 Å². The second-order valence-electron chi connectivity index (χ2n) is 5.93. The molecule has 1 aromatic rings. The maximum atomic E-state index is 13.4. The highest BCUT2D eigenvalue weighted by atomic mass is 31.2. The highest BCUT2D eigenvalue weighted by Crippen LogP contribution is 2.59. The lowest BCUT2D eigenvalue weighted by Gasteiger charge is -2.40. The van der Waals surface area contributed by atoms with Crippen molar-refractivity contribution in [2.75, 3.05) is 24.7 Å². The number of non-ortho nitro benzene ring substituents is 1. The van der Waals surface area contributed by atoms with Crippen LogP contribution in [0.25, 0.3) is 0 Å². The normalized spacial score (nSPS) is 17.5. The zero-order valence-corrected chi connectivity index (χ0v) is 17.0. The van der Waals surface area contributed by atoms with E-state index >= 15 is 0 Å². The lowest BCUT2D eigenvalue weighted by molar-refractivity contribution is -0.384. The Morgan fingerprint density at radius 1 is 1.25 bits per heavy atom. The van der Waals surface area contributed by atoms with Crippen molar-refractivity contribution >= 4 is 25.0 Å². The summed E-state index contributed by atoms with van der Waals surface area (Å²) in [6.07, 6.45) is 3.24. The average molecular weight is 409 g/mol. The number of benzene rings is 1. The Morgan fingerprint density at radius 2 is 1.82 bits per heavy atom. The van der Waals surface area contributed by atoms with Crippen molar-refractivity contribution in [3.63, 3.8) is 0 Å². The lowest BCUT2D eigenvalue weighted by atomic mass is 10.2. The number of hydrogen-bond donors (Lipinski definition) is 0. The first-order valence-electron chi connectivity index (χ1n) is 8.86. The van der Waals surface area contributed by atoms with E-state index in [1.165, 1.54) is 34.1 Å². The van der Waals surface area contributed by atoms with E-state index in [0.29, 0.717) is 5.69 Å². The molecule has 28 heavy (non-hydrogen) atoms. The molecular formula is C18H24N3O6P. The van der Waals surface area contributed by atoms with Crippen LogP contribution in [-0.2, 0) is 13.6 Å². The van der Waals surface area contributed by atoms with Gasteiger partial charge in [0.2, 0.25) is 0 Å².